The summed E-state index contributed by atoms with van der Waals surface area (Å²) in [5.41, 5.74) is 0.833. The van der Waals surface area contributed by atoms with Gasteiger partial charge in [0.2, 0.25) is 5.78 Å². The Hall–Kier alpha value is -1.82. The van der Waals surface area contributed by atoms with E-state index in [0.717, 1.165) is 11.3 Å². The van der Waals surface area contributed by atoms with E-state index in [2.05, 4.69) is 0 Å². The van der Waals surface area contributed by atoms with Gasteiger partial charge in [-0.05, 0) is 24.6 Å². The molecule has 0 saturated heterocycles. The summed E-state index contributed by atoms with van der Waals surface area (Å²) in [6.45, 7) is 2.53. The molecule has 0 aromatic heterocycles. The van der Waals surface area contributed by atoms with Gasteiger partial charge in [0.15, 0.2) is 0 Å². The number of carbonyl (C=O) groups excluding carboxylic acids is 1. The number of hydrogen-bond acceptors (Lipinski definition) is 3. The second-order valence-corrected chi connectivity index (χ2v) is 2.79. The molecule has 0 spiro atoms. The van der Waals surface area contributed by atoms with Crippen LogP contribution in [0.25, 0.3) is 0 Å². The van der Waals surface area contributed by atoms with Crippen LogP contribution in [0.15, 0.2) is 24.3 Å². The number of hydrogen-bond donors (Lipinski definition) is 0. The van der Waals surface area contributed by atoms with Gasteiger partial charge in [-0.2, -0.15) is 5.26 Å². The summed E-state index contributed by atoms with van der Waals surface area (Å²) in [4.78, 5) is 10.8. The SMILES string of the molecule is CCOc1ccc(CC(=O)C#N)cc1. The predicted octanol–water partition coefficient (Wildman–Crippen LogP) is 1.72. The molecule has 0 atom stereocenters. The molecule has 0 aliphatic rings. The fraction of sp³-hybridized carbons (Fsp3) is 0.273. The van der Waals surface area contributed by atoms with E-state index in [1.165, 1.54) is 0 Å². The minimum Gasteiger partial charge on any atom is -0.494 e. The maximum Gasteiger partial charge on any atom is 0.236 e. The Bertz CT molecular complexity index is 349. The summed E-state index contributed by atoms with van der Waals surface area (Å²) in [7, 11) is 0. The Labute approximate surface area is 82.9 Å². The summed E-state index contributed by atoms with van der Waals surface area (Å²) >= 11 is 0. The first-order chi connectivity index (χ1) is 6.76. The minimum absolute atomic E-state index is 0.170. The molecule has 0 N–H and O–H groups in total. The lowest BCUT2D eigenvalue weighted by atomic mass is 10.1. The lowest BCUT2D eigenvalue weighted by Crippen LogP contribution is -1.98. The third-order valence-corrected chi connectivity index (χ3v) is 1.72. The van der Waals surface area contributed by atoms with Crippen LogP contribution in [0.2, 0.25) is 0 Å². The summed E-state index contributed by atoms with van der Waals surface area (Å²) in [6.07, 6.45) is 0.170. The molecular weight excluding hydrogens is 178 g/mol. The molecule has 0 unspecified atom stereocenters. The van der Waals surface area contributed by atoms with Crippen LogP contribution in [-0.2, 0) is 11.2 Å². The molecule has 1 rings (SSSR count). The van der Waals surface area contributed by atoms with Gasteiger partial charge in [-0.1, -0.05) is 12.1 Å². The number of Topliss-reactive ketones (excluding diaryl/α,β-unsaturated/α-hetero) is 1. The maximum atomic E-state index is 10.8. The van der Waals surface area contributed by atoms with Crippen LogP contribution in [0, 0.1) is 11.3 Å². The first kappa shape index (κ1) is 10.3. The van der Waals surface area contributed by atoms with Crippen molar-refractivity contribution >= 4 is 5.78 Å². The molecule has 0 saturated carbocycles. The van der Waals surface area contributed by atoms with E-state index in [1.807, 2.05) is 6.92 Å². The molecule has 0 radical (unpaired) electrons. The van der Waals surface area contributed by atoms with Gasteiger partial charge in [0, 0.05) is 6.42 Å². The second-order valence-electron chi connectivity index (χ2n) is 2.79. The van der Waals surface area contributed by atoms with Gasteiger partial charge in [0.1, 0.15) is 11.8 Å². The average Bonchev–Trinajstić information content (AvgIpc) is 2.21. The zero-order valence-electron chi connectivity index (χ0n) is 7.99. The van der Waals surface area contributed by atoms with E-state index in [0.29, 0.717) is 6.61 Å². The van der Waals surface area contributed by atoms with Crippen molar-refractivity contribution < 1.29 is 9.53 Å². The van der Waals surface area contributed by atoms with Gasteiger partial charge in [-0.3, -0.25) is 4.79 Å². The van der Waals surface area contributed by atoms with Crippen molar-refractivity contribution in [2.24, 2.45) is 0 Å². The first-order valence-electron chi connectivity index (χ1n) is 4.41. The highest BCUT2D eigenvalue weighted by Crippen LogP contribution is 2.12. The van der Waals surface area contributed by atoms with Gasteiger partial charge >= 0.3 is 0 Å². The fourth-order valence-corrected chi connectivity index (χ4v) is 1.10. The molecule has 3 heteroatoms. The normalized spacial score (nSPS) is 9.14. The number of ether oxygens (including phenoxy) is 1. The van der Waals surface area contributed by atoms with E-state index in [-0.39, 0.29) is 6.42 Å². The topological polar surface area (TPSA) is 50.1 Å². The quantitative estimate of drug-likeness (QED) is 0.677. The molecule has 0 aliphatic heterocycles. The Morgan fingerprint density at radius 2 is 2.07 bits per heavy atom. The Morgan fingerprint density at radius 3 is 2.57 bits per heavy atom. The van der Waals surface area contributed by atoms with E-state index in [4.69, 9.17) is 10.00 Å². The second kappa shape index (κ2) is 5.03. The highest BCUT2D eigenvalue weighted by Gasteiger charge is 2.01. The largest absolute Gasteiger partial charge is 0.494 e. The molecule has 0 bridgehead atoms. The van der Waals surface area contributed by atoms with Crippen LogP contribution < -0.4 is 4.74 Å². The summed E-state index contributed by atoms with van der Waals surface area (Å²) in [5.74, 6) is 0.356. The molecule has 0 aliphatic carbocycles. The van der Waals surface area contributed by atoms with Gasteiger partial charge in [0.25, 0.3) is 0 Å². The zero-order valence-corrected chi connectivity index (χ0v) is 7.99. The highest BCUT2D eigenvalue weighted by molar-refractivity contribution is 5.94. The predicted molar refractivity (Wildman–Crippen MR) is 51.9 cm³/mol. The molecule has 72 valence electrons. The van der Waals surface area contributed by atoms with Crippen LogP contribution in [-0.4, -0.2) is 12.4 Å². The number of nitrogens with zero attached hydrogens (tertiary/aromatic N) is 1. The van der Waals surface area contributed by atoms with E-state index < -0.39 is 5.78 Å². The molecule has 0 fully saturated rings. The highest BCUT2D eigenvalue weighted by atomic mass is 16.5. The van der Waals surface area contributed by atoms with Crippen LogP contribution >= 0.6 is 0 Å². The smallest absolute Gasteiger partial charge is 0.236 e. The van der Waals surface area contributed by atoms with Gasteiger partial charge in [-0.15, -0.1) is 0 Å². The van der Waals surface area contributed by atoms with Crippen molar-refractivity contribution in [2.45, 2.75) is 13.3 Å². The first-order valence-corrected chi connectivity index (χ1v) is 4.41. The Balaban J connectivity index is 2.65. The van der Waals surface area contributed by atoms with Gasteiger partial charge in [-0.25, -0.2) is 0 Å². The molecule has 3 nitrogen and oxygen atoms in total. The van der Waals surface area contributed by atoms with Crippen molar-refractivity contribution in [3.8, 4) is 11.8 Å². The van der Waals surface area contributed by atoms with Crippen molar-refractivity contribution in [3.63, 3.8) is 0 Å². The van der Waals surface area contributed by atoms with Crippen LogP contribution in [0.4, 0.5) is 0 Å². The number of ketones is 1. The minimum atomic E-state index is -0.422. The number of carbonyl (C=O) groups is 1. The molecule has 14 heavy (non-hydrogen) atoms. The summed E-state index contributed by atoms with van der Waals surface area (Å²) < 4.78 is 5.24. The van der Waals surface area contributed by atoms with E-state index in [9.17, 15) is 4.79 Å². The molecule has 1 aromatic carbocycles. The van der Waals surface area contributed by atoms with Crippen LogP contribution in [0.5, 0.6) is 5.75 Å². The Kier molecular flexibility index (Phi) is 3.69. The van der Waals surface area contributed by atoms with Crippen molar-refractivity contribution in [2.75, 3.05) is 6.61 Å². The van der Waals surface area contributed by atoms with Crippen molar-refractivity contribution in [1.82, 2.24) is 0 Å². The maximum absolute atomic E-state index is 10.8. The molecule has 1 aromatic rings. The number of nitriles is 1. The standard InChI is InChI=1S/C11H11NO2/c1-2-14-11-5-3-9(4-6-11)7-10(13)8-12/h3-6H,2,7H2,1H3. The lowest BCUT2D eigenvalue weighted by molar-refractivity contribution is -0.113. The molecule has 0 heterocycles. The average molecular weight is 189 g/mol. The van der Waals surface area contributed by atoms with Gasteiger partial charge in [0.05, 0.1) is 6.61 Å². The number of rotatable bonds is 4. The molecule has 0 amide bonds. The fourth-order valence-electron chi connectivity index (χ4n) is 1.10. The van der Waals surface area contributed by atoms with Crippen LogP contribution in [0.1, 0.15) is 12.5 Å². The summed E-state index contributed by atoms with van der Waals surface area (Å²) in [6, 6.07) is 8.76. The monoisotopic (exact) mass is 189 g/mol. The van der Waals surface area contributed by atoms with Crippen LogP contribution in [0.3, 0.4) is 0 Å². The summed E-state index contributed by atoms with van der Waals surface area (Å²) in [5, 5.41) is 8.31. The number of benzene rings is 1. The Morgan fingerprint density at radius 1 is 1.43 bits per heavy atom. The molecular formula is C11H11NO2. The third kappa shape index (κ3) is 2.91. The lowest BCUT2D eigenvalue weighted by Gasteiger charge is -2.02. The van der Waals surface area contributed by atoms with E-state index >= 15 is 0 Å². The van der Waals surface area contributed by atoms with Gasteiger partial charge < -0.3 is 4.74 Å². The van der Waals surface area contributed by atoms with Crippen molar-refractivity contribution in [1.29, 1.82) is 5.26 Å². The van der Waals surface area contributed by atoms with Crippen molar-refractivity contribution in [3.05, 3.63) is 29.8 Å². The van der Waals surface area contributed by atoms with E-state index in [1.54, 1.807) is 30.3 Å². The zero-order chi connectivity index (χ0) is 10.4. The third-order valence-electron chi connectivity index (χ3n) is 1.72.